The van der Waals surface area contributed by atoms with E-state index in [4.69, 9.17) is 0 Å². The molecule has 1 N–H and O–H groups in total. The molecule has 0 saturated carbocycles. The van der Waals surface area contributed by atoms with Crippen LogP contribution in [0.4, 0.5) is 35.5 Å². The summed E-state index contributed by atoms with van der Waals surface area (Å²) in [5.74, 6) is -2.27. The molecule has 2 aromatic rings. The first-order valence-electron chi connectivity index (χ1n) is 11.4. The molecule has 0 spiro atoms. The third kappa shape index (κ3) is 6.72. The summed E-state index contributed by atoms with van der Waals surface area (Å²) in [5, 5.41) is 9.49. The first-order chi connectivity index (χ1) is 17.1. The van der Waals surface area contributed by atoms with Crippen molar-refractivity contribution in [1.29, 1.82) is 0 Å². The Kier molecular flexibility index (Phi) is 8.09. The summed E-state index contributed by atoms with van der Waals surface area (Å²) in [7, 11) is 1.36. The molecule has 0 radical (unpaired) electrons. The number of aryl methyl sites for hydroxylation is 1. The van der Waals surface area contributed by atoms with Crippen molar-refractivity contribution in [3.8, 4) is 0 Å². The number of likely N-dealkylation sites (tertiary alicyclic amines) is 1. The molecule has 3 rings (SSSR count). The van der Waals surface area contributed by atoms with Crippen LogP contribution in [-0.2, 0) is 23.6 Å². The van der Waals surface area contributed by atoms with Crippen molar-refractivity contribution < 1.29 is 45.4 Å². The number of amides is 2. The van der Waals surface area contributed by atoms with E-state index in [-0.39, 0.29) is 44.0 Å². The van der Waals surface area contributed by atoms with Crippen LogP contribution in [-0.4, -0.2) is 47.0 Å². The third-order valence-electron chi connectivity index (χ3n) is 6.50. The lowest BCUT2D eigenvalue weighted by atomic mass is 9.85. The number of urea groups is 1. The first kappa shape index (κ1) is 28.3. The average molecular weight is 534 g/mol. The van der Waals surface area contributed by atoms with Gasteiger partial charge in [-0.3, -0.25) is 4.79 Å². The number of carbonyl (C=O) groups excluding carboxylic acids is 1. The summed E-state index contributed by atoms with van der Waals surface area (Å²) in [6.45, 7) is 1.50. The van der Waals surface area contributed by atoms with Gasteiger partial charge in [0, 0.05) is 20.1 Å². The van der Waals surface area contributed by atoms with Crippen molar-refractivity contribution in [3.05, 3.63) is 70.0 Å². The van der Waals surface area contributed by atoms with E-state index in [1.165, 1.54) is 35.0 Å². The molecule has 2 aromatic carbocycles. The highest BCUT2D eigenvalue weighted by molar-refractivity contribution is 5.76. The highest BCUT2D eigenvalue weighted by atomic mass is 19.4. The smallest absolute Gasteiger partial charge is 0.416 e. The number of piperidine rings is 1. The fourth-order valence-electron chi connectivity index (χ4n) is 4.50. The zero-order valence-electron chi connectivity index (χ0n) is 20.0. The number of benzene rings is 2. The Morgan fingerprint density at radius 1 is 1.03 bits per heavy atom. The van der Waals surface area contributed by atoms with E-state index in [0.29, 0.717) is 23.3 Å². The maximum absolute atomic E-state index is 13.6. The molecule has 2 amide bonds. The quantitative estimate of drug-likeness (QED) is 0.458. The van der Waals surface area contributed by atoms with Gasteiger partial charge < -0.3 is 14.9 Å². The minimum atomic E-state index is -4.98. The number of rotatable bonds is 5. The number of hydrogen-bond donors (Lipinski definition) is 1. The summed E-state index contributed by atoms with van der Waals surface area (Å²) >= 11 is 0. The maximum Gasteiger partial charge on any atom is 0.416 e. The van der Waals surface area contributed by atoms with E-state index >= 15 is 0 Å². The number of carbonyl (C=O) groups is 2. The molecule has 0 bridgehead atoms. The van der Waals surface area contributed by atoms with Crippen LogP contribution in [0.2, 0.25) is 0 Å². The predicted octanol–water partition coefficient (Wildman–Crippen LogP) is 6.30. The molecule has 1 fully saturated rings. The molecule has 1 aliphatic rings. The number of aliphatic carboxylic acids is 1. The Morgan fingerprint density at radius 2 is 1.62 bits per heavy atom. The van der Waals surface area contributed by atoms with E-state index in [9.17, 15) is 45.4 Å². The zero-order valence-corrected chi connectivity index (χ0v) is 20.0. The lowest BCUT2D eigenvalue weighted by Gasteiger charge is -2.41. The minimum Gasteiger partial charge on any atom is -0.481 e. The van der Waals surface area contributed by atoms with Crippen LogP contribution in [0.5, 0.6) is 0 Å². The van der Waals surface area contributed by atoms with Gasteiger partial charge in [0.1, 0.15) is 5.82 Å². The minimum absolute atomic E-state index is 0.0423. The van der Waals surface area contributed by atoms with Gasteiger partial charge in [0.25, 0.3) is 0 Å². The van der Waals surface area contributed by atoms with Gasteiger partial charge in [-0.1, -0.05) is 6.07 Å². The lowest BCUT2D eigenvalue weighted by molar-refractivity contribution is -0.144. The molecule has 0 aliphatic carbocycles. The molecule has 1 aliphatic heterocycles. The van der Waals surface area contributed by atoms with E-state index < -0.39 is 53.3 Å². The molecule has 2 atom stereocenters. The van der Waals surface area contributed by atoms with Crippen molar-refractivity contribution in [2.24, 2.45) is 5.92 Å². The summed E-state index contributed by atoms with van der Waals surface area (Å²) in [5.41, 5.74) is -2.04. The number of carboxylic acids is 1. The number of carboxylic acid groups (broad SMARTS) is 1. The van der Waals surface area contributed by atoms with Gasteiger partial charge in [-0.05, 0) is 73.2 Å². The van der Waals surface area contributed by atoms with E-state index in [2.05, 4.69) is 0 Å². The zero-order chi connectivity index (χ0) is 27.7. The molecule has 5 nitrogen and oxygen atoms in total. The molecule has 1 heterocycles. The van der Waals surface area contributed by atoms with Gasteiger partial charge in [0.15, 0.2) is 0 Å². The average Bonchev–Trinajstić information content (AvgIpc) is 2.80. The second-order valence-electron chi connectivity index (χ2n) is 9.14. The molecular weight excluding hydrogens is 509 g/mol. The standard InChI is InChI=1S/C25H25F7N2O3/c1-14-9-19(26)3-4-20(14)21-12-16(22(35)36)6-8-34(21)23(37)33(2)7-5-15-10-17(24(27,28)29)13-18(11-15)25(30,31)32/h3-4,9-11,13,16,21H,5-8,12H2,1-2H3,(H,35,36)/t16-,21+/m0/s1. The Bertz CT molecular complexity index is 1130. The van der Waals surface area contributed by atoms with Crippen LogP contribution in [0.3, 0.4) is 0 Å². The number of nitrogens with zero attached hydrogens (tertiary/aromatic N) is 2. The summed E-state index contributed by atoms with van der Waals surface area (Å²) in [4.78, 5) is 27.5. The van der Waals surface area contributed by atoms with Crippen LogP contribution >= 0.6 is 0 Å². The fraction of sp³-hybridized carbons (Fsp3) is 0.440. The second kappa shape index (κ2) is 10.6. The second-order valence-corrected chi connectivity index (χ2v) is 9.14. The van der Waals surface area contributed by atoms with Crippen LogP contribution in [0, 0.1) is 18.7 Å². The molecule has 0 aromatic heterocycles. The molecule has 37 heavy (non-hydrogen) atoms. The number of halogens is 7. The normalized spacial score (nSPS) is 18.6. The molecule has 1 saturated heterocycles. The van der Waals surface area contributed by atoms with Gasteiger partial charge in [-0.2, -0.15) is 26.3 Å². The monoisotopic (exact) mass is 534 g/mol. The van der Waals surface area contributed by atoms with Crippen LogP contribution < -0.4 is 0 Å². The van der Waals surface area contributed by atoms with Crippen molar-refractivity contribution in [2.75, 3.05) is 20.1 Å². The molecule has 12 heteroatoms. The van der Waals surface area contributed by atoms with Crippen LogP contribution in [0.15, 0.2) is 36.4 Å². The van der Waals surface area contributed by atoms with E-state index in [1.807, 2.05) is 0 Å². The largest absolute Gasteiger partial charge is 0.481 e. The Balaban J connectivity index is 1.82. The summed E-state index contributed by atoms with van der Waals surface area (Å²) in [6, 6.07) is 3.95. The lowest BCUT2D eigenvalue weighted by Crippen LogP contribution is -2.48. The summed E-state index contributed by atoms with van der Waals surface area (Å²) in [6.07, 6.45) is -10.0. The van der Waals surface area contributed by atoms with Crippen molar-refractivity contribution in [1.82, 2.24) is 9.80 Å². The van der Waals surface area contributed by atoms with Gasteiger partial charge in [-0.25, -0.2) is 9.18 Å². The molecular formula is C25H25F7N2O3. The highest BCUT2D eigenvalue weighted by Crippen LogP contribution is 2.38. The van der Waals surface area contributed by atoms with Crippen molar-refractivity contribution in [3.63, 3.8) is 0 Å². The SMILES string of the molecule is Cc1cc(F)ccc1[C@H]1C[C@@H](C(=O)O)CCN1C(=O)N(C)CCc1cc(C(F)(F)F)cc(C(F)(F)F)c1. The van der Waals surface area contributed by atoms with Gasteiger partial charge >= 0.3 is 24.4 Å². The van der Waals surface area contributed by atoms with Gasteiger partial charge in [-0.15, -0.1) is 0 Å². The Labute approximate surface area is 208 Å². The van der Waals surface area contributed by atoms with Gasteiger partial charge in [0.2, 0.25) is 0 Å². The van der Waals surface area contributed by atoms with Crippen molar-refractivity contribution in [2.45, 2.75) is 44.6 Å². The third-order valence-corrected chi connectivity index (χ3v) is 6.50. The summed E-state index contributed by atoms with van der Waals surface area (Å²) < 4.78 is 92.6. The van der Waals surface area contributed by atoms with E-state index in [1.54, 1.807) is 6.92 Å². The van der Waals surface area contributed by atoms with Crippen LogP contribution in [0.25, 0.3) is 0 Å². The van der Waals surface area contributed by atoms with Crippen molar-refractivity contribution >= 4 is 12.0 Å². The molecule has 202 valence electrons. The fourth-order valence-corrected chi connectivity index (χ4v) is 4.50. The van der Waals surface area contributed by atoms with Gasteiger partial charge in [0.05, 0.1) is 23.1 Å². The number of hydrogen-bond acceptors (Lipinski definition) is 2. The van der Waals surface area contributed by atoms with Crippen LogP contribution in [0.1, 0.15) is 46.7 Å². The predicted molar refractivity (Wildman–Crippen MR) is 119 cm³/mol. The number of likely N-dealkylation sites (N-methyl/N-ethyl adjacent to an activating group) is 1. The Hall–Kier alpha value is -3.31. The number of alkyl halides is 6. The topological polar surface area (TPSA) is 60.9 Å². The molecule has 0 unspecified atom stereocenters. The Morgan fingerprint density at radius 3 is 2.14 bits per heavy atom. The highest BCUT2D eigenvalue weighted by Gasteiger charge is 2.38. The van der Waals surface area contributed by atoms with E-state index in [0.717, 1.165) is 0 Å². The first-order valence-corrected chi connectivity index (χ1v) is 11.4. The maximum atomic E-state index is 13.6.